The van der Waals surface area contributed by atoms with Crippen molar-refractivity contribution in [2.45, 2.75) is 6.61 Å². The highest BCUT2D eigenvalue weighted by molar-refractivity contribution is 6.09. The van der Waals surface area contributed by atoms with Crippen LogP contribution in [-0.4, -0.2) is 23.8 Å². The minimum absolute atomic E-state index is 0.00245. The van der Waals surface area contributed by atoms with Gasteiger partial charge in [-0.3, -0.25) is 19.7 Å². The summed E-state index contributed by atoms with van der Waals surface area (Å²) in [7, 11) is 1.42. The van der Waals surface area contributed by atoms with E-state index in [0.717, 1.165) is 11.6 Å². The molecule has 3 aromatic carbocycles. The highest BCUT2D eigenvalue weighted by atomic mass is 16.6. The topological polar surface area (TPSA) is 134 Å². The molecule has 2 amide bonds. The normalized spacial score (nSPS) is 10.2. The lowest BCUT2D eigenvalue weighted by atomic mass is 10.1. The molecule has 0 bridgehead atoms. The van der Waals surface area contributed by atoms with E-state index in [1.807, 2.05) is 30.3 Å². The number of nitrogens with zero attached hydrogens (tertiary/aromatic N) is 1. The van der Waals surface area contributed by atoms with Gasteiger partial charge in [-0.1, -0.05) is 36.4 Å². The van der Waals surface area contributed by atoms with Crippen LogP contribution in [0.4, 0.5) is 11.4 Å². The number of carbonyl (C=O) groups is 2. The smallest absolute Gasteiger partial charge is 0.270 e. The number of nitro groups is 1. The molecular formula is C22H19N3O6. The maximum absolute atomic E-state index is 12.6. The number of amides is 2. The summed E-state index contributed by atoms with van der Waals surface area (Å²) in [5.41, 5.74) is 6.31. The highest BCUT2D eigenvalue weighted by Gasteiger charge is 2.19. The van der Waals surface area contributed by atoms with Gasteiger partial charge in [0.15, 0.2) is 11.5 Å². The zero-order chi connectivity index (χ0) is 22.4. The number of hydrogen-bond acceptors (Lipinski definition) is 6. The second-order valence-corrected chi connectivity index (χ2v) is 6.45. The molecule has 0 aliphatic rings. The number of nitro benzene ring substituents is 1. The molecule has 0 unspecified atom stereocenters. The molecule has 0 fully saturated rings. The number of nitrogens with two attached hydrogens (primary N) is 1. The molecule has 9 heteroatoms. The van der Waals surface area contributed by atoms with Crippen LogP contribution in [0, 0.1) is 10.1 Å². The molecule has 0 aromatic heterocycles. The van der Waals surface area contributed by atoms with Gasteiger partial charge in [-0.2, -0.15) is 0 Å². The molecule has 158 valence electrons. The van der Waals surface area contributed by atoms with Crippen LogP contribution in [-0.2, 0) is 6.61 Å². The average Bonchev–Trinajstić information content (AvgIpc) is 2.78. The Balaban J connectivity index is 1.89. The zero-order valence-electron chi connectivity index (χ0n) is 16.5. The number of anilines is 1. The monoisotopic (exact) mass is 421 g/mol. The number of benzene rings is 3. The largest absolute Gasteiger partial charge is 0.493 e. The van der Waals surface area contributed by atoms with Crippen molar-refractivity contribution in [1.29, 1.82) is 0 Å². The van der Waals surface area contributed by atoms with Crippen LogP contribution >= 0.6 is 0 Å². The molecule has 0 atom stereocenters. The van der Waals surface area contributed by atoms with Gasteiger partial charge in [0.25, 0.3) is 17.5 Å². The van der Waals surface area contributed by atoms with Gasteiger partial charge in [-0.15, -0.1) is 0 Å². The van der Waals surface area contributed by atoms with E-state index < -0.39 is 16.7 Å². The van der Waals surface area contributed by atoms with Gasteiger partial charge in [-0.05, 0) is 17.7 Å². The number of hydrogen-bond donors (Lipinski definition) is 2. The summed E-state index contributed by atoms with van der Waals surface area (Å²) in [5, 5.41) is 13.5. The summed E-state index contributed by atoms with van der Waals surface area (Å²) in [6, 6.07) is 17.4. The maximum atomic E-state index is 12.6. The van der Waals surface area contributed by atoms with Gasteiger partial charge < -0.3 is 20.5 Å². The van der Waals surface area contributed by atoms with Crippen molar-refractivity contribution in [3.63, 3.8) is 0 Å². The number of ether oxygens (including phenoxy) is 2. The fourth-order valence-electron chi connectivity index (χ4n) is 2.83. The number of non-ortho nitro benzene ring substituents is 1. The quantitative estimate of drug-likeness (QED) is 0.422. The van der Waals surface area contributed by atoms with Crippen molar-refractivity contribution in [1.82, 2.24) is 0 Å². The Morgan fingerprint density at radius 3 is 2.42 bits per heavy atom. The Morgan fingerprint density at radius 1 is 1.03 bits per heavy atom. The van der Waals surface area contributed by atoms with Crippen LogP contribution in [0.1, 0.15) is 26.3 Å². The van der Waals surface area contributed by atoms with Crippen LogP contribution in [0.3, 0.4) is 0 Å². The average molecular weight is 421 g/mol. The predicted octanol–water partition coefficient (Wildman–Crippen LogP) is 3.53. The third kappa shape index (κ3) is 5.15. The Kier molecular flexibility index (Phi) is 6.46. The van der Waals surface area contributed by atoms with Gasteiger partial charge in [0, 0.05) is 23.8 Å². The molecule has 3 aromatic rings. The van der Waals surface area contributed by atoms with Crippen LogP contribution < -0.4 is 20.5 Å². The molecule has 0 aliphatic heterocycles. The summed E-state index contributed by atoms with van der Waals surface area (Å²) in [5.74, 6) is -0.892. The molecule has 0 saturated heterocycles. The third-order valence-corrected chi connectivity index (χ3v) is 4.37. The number of carbonyl (C=O) groups excluding carboxylic acids is 2. The standard InChI is InChI=1S/C22H19N3O6/c1-30-19-12-18(24-22(27)15-8-5-9-16(10-15)25(28)29)17(21(23)26)11-20(19)31-13-14-6-3-2-4-7-14/h2-12H,13H2,1H3,(H2,23,26)(H,24,27). The van der Waals surface area contributed by atoms with Gasteiger partial charge in [0.2, 0.25) is 0 Å². The van der Waals surface area contributed by atoms with E-state index >= 15 is 0 Å². The second kappa shape index (κ2) is 9.40. The fourth-order valence-corrected chi connectivity index (χ4v) is 2.83. The van der Waals surface area contributed by atoms with Gasteiger partial charge in [0.05, 0.1) is 23.3 Å². The lowest BCUT2D eigenvalue weighted by Crippen LogP contribution is -2.19. The van der Waals surface area contributed by atoms with Crippen molar-refractivity contribution < 1.29 is 24.0 Å². The van der Waals surface area contributed by atoms with Crippen molar-refractivity contribution in [2.75, 3.05) is 12.4 Å². The Bertz CT molecular complexity index is 1130. The first-order valence-corrected chi connectivity index (χ1v) is 9.13. The molecule has 31 heavy (non-hydrogen) atoms. The molecule has 0 radical (unpaired) electrons. The summed E-state index contributed by atoms with van der Waals surface area (Å²) >= 11 is 0. The SMILES string of the molecule is COc1cc(NC(=O)c2cccc([N+](=O)[O-])c2)c(C(N)=O)cc1OCc1ccccc1. The van der Waals surface area contributed by atoms with Crippen molar-refractivity contribution >= 4 is 23.2 Å². The van der Waals surface area contributed by atoms with Gasteiger partial charge in [0.1, 0.15) is 6.61 Å². The summed E-state index contributed by atoms with van der Waals surface area (Å²) in [4.78, 5) is 34.9. The maximum Gasteiger partial charge on any atom is 0.270 e. The van der Waals surface area contributed by atoms with Gasteiger partial charge in [-0.25, -0.2) is 0 Å². The van der Waals surface area contributed by atoms with E-state index in [2.05, 4.69) is 5.32 Å². The lowest BCUT2D eigenvalue weighted by Gasteiger charge is -2.16. The number of rotatable bonds is 8. The number of methoxy groups -OCH3 is 1. The molecule has 0 saturated carbocycles. The summed E-state index contributed by atoms with van der Waals surface area (Å²) in [6.07, 6.45) is 0. The van der Waals surface area contributed by atoms with Crippen LogP contribution in [0.15, 0.2) is 66.7 Å². The first-order chi connectivity index (χ1) is 14.9. The first kappa shape index (κ1) is 21.3. The summed E-state index contributed by atoms with van der Waals surface area (Å²) < 4.78 is 11.1. The van der Waals surface area contributed by atoms with E-state index in [9.17, 15) is 19.7 Å². The Morgan fingerprint density at radius 2 is 1.77 bits per heavy atom. The molecule has 3 N–H and O–H groups in total. The Labute approximate surface area is 177 Å². The predicted molar refractivity (Wildman–Crippen MR) is 113 cm³/mol. The van der Waals surface area contributed by atoms with E-state index in [1.165, 1.54) is 37.4 Å². The number of primary amides is 1. The first-order valence-electron chi connectivity index (χ1n) is 9.13. The number of nitrogens with one attached hydrogen (secondary N) is 1. The molecule has 9 nitrogen and oxygen atoms in total. The van der Waals surface area contributed by atoms with Crippen molar-refractivity contribution in [3.05, 3.63) is 93.5 Å². The van der Waals surface area contributed by atoms with Crippen LogP contribution in [0.25, 0.3) is 0 Å². The van der Waals surface area contributed by atoms with Crippen molar-refractivity contribution in [3.8, 4) is 11.5 Å². The minimum Gasteiger partial charge on any atom is -0.493 e. The molecular weight excluding hydrogens is 402 g/mol. The molecule has 0 aliphatic carbocycles. The van der Waals surface area contributed by atoms with E-state index in [-0.39, 0.29) is 40.6 Å². The third-order valence-electron chi connectivity index (χ3n) is 4.37. The zero-order valence-corrected chi connectivity index (χ0v) is 16.5. The van der Waals surface area contributed by atoms with E-state index in [0.29, 0.717) is 0 Å². The minimum atomic E-state index is -0.790. The second-order valence-electron chi connectivity index (χ2n) is 6.45. The van der Waals surface area contributed by atoms with Gasteiger partial charge >= 0.3 is 0 Å². The van der Waals surface area contributed by atoms with Crippen molar-refractivity contribution in [2.24, 2.45) is 5.73 Å². The van der Waals surface area contributed by atoms with E-state index in [4.69, 9.17) is 15.2 Å². The van der Waals surface area contributed by atoms with Crippen LogP contribution in [0.5, 0.6) is 11.5 Å². The molecule has 3 rings (SSSR count). The van der Waals surface area contributed by atoms with Crippen LogP contribution in [0.2, 0.25) is 0 Å². The molecule has 0 heterocycles. The fraction of sp³-hybridized carbons (Fsp3) is 0.0909. The van der Waals surface area contributed by atoms with E-state index in [1.54, 1.807) is 0 Å². The lowest BCUT2D eigenvalue weighted by molar-refractivity contribution is -0.384. The summed E-state index contributed by atoms with van der Waals surface area (Å²) in [6.45, 7) is 0.231. The molecule has 0 spiro atoms. The Hall–Kier alpha value is -4.40. The highest BCUT2D eigenvalue weighted by Crippen LogP contribution is 2.34.